The second-order valence-electron chi connectivity index (χ2n) is 5.25. The Morgan fingerprint density at radius 1 is 1.43 bits per heavy atom. The maximum Gasteiger partial charge on any atom is 0.244 e. The predicted molar refractivity (Wildman–Crippen MR) is 85.1 cm³/mol. The molecule has 0 atom stereocenters. The minimum atomic E-state index is -3.41. The monoisotopic (exact) mass is 332 g/mol. The van der Waals surface area contributed by atoms with Crippen molar-refractivity contribution >= 4 is 21.4 Å². The number of nitrogens with one attached hydrogen (secondary N) is 1. The number of hydrogen-bond donors (Lipinski definition) is 1. The quantitative estimate of drug-likeness (QED) is 0.777. The van der Waals surface area contributed by atoms with E-state index in [0.717, 1.165) is 30.7 Å². The lowest BCUT2D eigenvalue weighted by molar-refractivity contribution is 0.0632. The Morgan fingerprint density at radius 3 is 2.81 bits per heavy atom. The number of thiophene rings is 1. The Kier molecular flexibility index (Phi) is 6.19. The molecule has 120 valence electrons. The standard InChI is InChI=1S/C14H24N2O3S2/c1-3-7-15-11-13-14(6-10-20-13)21(17,18)16(2)12-4-8-19-9-5-12/h6,10,12,15H,3-5,7-9,11H2,1-2H3. The maximum absolute atomic E-state index is 12.8. The van der Waals surface area contributed by atoms with Crippen LogP contribution in [-0.4, -0.2) is 45.6 Å². The highest BCUT2D eigenvalue weighted by molar-refractivity contribution is 7.89. The SMILES string of the molecule is CCCNCc1sccc1S(=O)(=O)N(C)C1CCOCC1. The van der Waals surface area contributed by atoms with E-state index >= 15 is 0 Å². The molecule has 2 heterocycles. The molecule has 0 saturated carbocycles. The van der Waals surface area contributed by atoms with E-state index in [-0.39, 0.29) is 6.04 Å². The van der Waals surface area contributed by atoms with Crippen LogP contribution in [0, 0.1) is 0 Å². The predicted octanol–water partition coefficient (Wildman–Crippen LogP) is 2.05. The molecule has 0 spiro atoms. The summed E-state index contributed by atoms with van der Waals surface area (Å²) >= 11 is 1.50. The first-order valence-electron chi connectivity index (χ1n) is 7.40. The van der Waals surface area contributed by atoms with Gasteiger partial charge in [-0.25, -0.2) is 8.42 Å². The molecule has 0 radical (unpaired) electrons. The number of sulfonamides is 1. The molecule has 0 unspecified atom stereocenters. The van der Waals surface area contributed by atoms with Crippen molar-refractivity contribution in [3.8, 4) is 0 Å². The second-order valence-corrected chi connectivity index (χ2v) is 8.22. The Balaban J connectivity index is 2.13. The molecular formula is C14H24N2O3S2. The van der Waals surface area contributed by atoms with Crippen LogP contribution >= 0.6 is 11.3 Å². The van der Waals surface area contributed by atoms with Crippen molar-refractivity contribution in [3.63, 3.8) is 0 Å². The van der Waals surface area contributed by atoms with Crippen LogP contribution in [0.5, 0.6) is 0 Å². The topological polar surface area (TPSA) is 58.6 Å². The first-order chi connectivity index (χ1) is 10.1. The molecule has 2 rings (SSSR count). The number of rotatable bonds is 7. The molecule has 7 heteroatoms. The molecule has 5 nitrogen and oxygen atoms in total. The van der Waals surface area contributed by atoms with Crippen molar-refractivity contribution in [1.29, 1.82) is 0 Å². The van der Waals surface area contributed by atoms with Crippen molar-refractivity contribution in [2.24, 2.45) is 0 Å². The zero-order valence-corrected chi connectivity index (χ0v) is 14.3. The van der Waals surface area contributed by atoms with Crippen LogP contribution in [0.3, 0.4) is 0 Å². The minimum Gasteiger partial charge on any atom is -0.381 e. The lowest BCUT2D eigenvalue weighted by Crippen LogP contribution is -2.40. The van der Waals surface area contributed by atoms with E-state index in [1.54, 1.807) is 13.1 Å². The normalized spacial score (nSPS) is 17.5. The fraction of sp³-hybridized carbons (Fsp3) is 0.714. The summed E-state index contributed by atoms with van der Waals surface area (Å²) in [5.41, 5.74) is 0. The van der Waals surface area contributed by atoms with Gasteiger partial charge in [0.05, 0.1) is 4.90 Å². The van der Waals surface area contributed by atoms with E-state index in [9.17, 15) is 8.42 Å². The molecule has 0 aromatic carbocycles. The zero-order valence-electron chi connectivity index (χ0n) is 12.7. The first kappa shape index (κ1) is 16.9. The smallest absolute Gasteiger partial charge is 0.244 e. The molecule has 1 N–H and O–H groups in total. The summed E-state index contributed by atoms with van der Waals surface area (Å²) in [6.07, 6.45) is 2.57. The van der Waals surface area contributed by atoms with E-state index in [4.69, 9.17) is 4.74 Å². The molecule has 1 aliphatic heterocycles. The third-order valence-electron chi connectivity index (χ3n) is 3.78. The molecule has 0 amide bonds. The average molecular weight is 332 g/mol. The number of nitrogens with zero attached hydrogens (tertiary/aromatic N) is 1. The summed E-state index contributed by atoms with van der Waals surface area (Å²) in [6, 6.07) is 1.76. The summed E-state index contributed by atoms with van der Waals surface area (Å²) in [5, 5.41) is 5.13. The summed E-state index contributed by atoms with van der Waals surface area (Å²) in [5.74, 6) is 0. The Morgan fingerprint density at radius 2 is 2.14 bits per heavy atom. The van der Waals surface area contributed by atoms with Gasteiger partial charge in [-0.2, -0.15) is 4.31 Å². The lowest BCUT2D eigenvalue weighted by atomic mass is 10.1. The van der Waals surface area contributed by atoms with Gasteiger partial charge in [-0.05, 0) is 37.3 Å². The van der Waals surface area contributed by atoms with Crippen LogP contribution in [0.25, 0.3) is 0 Å². The van der Waals surface area contributed by atoms with Crippen molar-refractivity contribution in [3.05, 3.63) is 16.3 Å². The van der Waals surface area contributed by atoms with Gasteiger partial charge in [-0.15, -0.1) is 11.3 Å². The summed E-state index contributed by atoms with van der Waals surface area (Å²) in [4.78, 5) is 1.34. The van der Waals surface area contributed by atoms with E-state index in [1.807, 2.05) is 5.38 Å². The second kappa shape index (κ2) is 7.69. The van der Waals surface area contributed by atoms with Crippen LogP contribution < -0.4 is 5.32 Å². The van der Waals surface area contributed by atoms with Gasteiger partial charge in [-0.1, -0.05) is 6.92 Å². The van der Waals surface area contributed by atoms with Crippen molar-refractivity contribution in [2.75, 3.05) is 26.8 Å². The molecule has 1 fully saturated rings. The Bertz CT molecular complexity index is 536. The van der Waals surface area contributed by atoms with Crippen LogP contribution in [0.4, 0.5) is 0 Å². The van der Waals surface area contributed by atoms with Gasteiger partial charge in [0.25, 0.3) is 0 Å². The molecule has 0 bridgehead atoms. The molecule has 1 aliphatic rings. The summed E-state index contributed by atoms with van der Waals surface area (Å²) in [6.45, 7) is 4.88. The van der Waals surface area contributed by atoms with Gasteiger partial charge >= 0.3 is 0 Å². The van der Waals surface area contributed by atoms with E-state index in [0.29, 0.717) is 24.7 Å². The highest BCUT2D eigenvalue weighted by Gasteiger charge is 2.31. The van der Waals surface area contributed by atoms with Crippen LogP contribution in [0.1, 0.15) is 31.1 Å². The van der Waals surface area contributed by atoms with Gasteiger partial charge in [0.2, 0.25) is 10.0 Å². The van der Waals surface area contributed by atoms with Gasteiger partial charge in [-0.3, -0.25) is 0 Å². The first-order valence-corrected chi connectivity index (χ1v) is 9.72. The van der Waals surface area contributed by atoms with E-state index < -0.39 is 10.0 Å². The van der Waals surface area contributed by atoms with Gasteiger partial charge < -0.3 is 10.1 Å². The Hall–Kier alpha value is -0.470. The van der Waals surface area contributed by atoms with Crippen molar-refractivity contribution in [1.82, 2.24) is 9.62 Å². The fourth-order valence-electron chi connectivity index (χ4n) is 2.47. The fourth-order valence-corrected chi connectivity index (χ4v) is 5.26. The molecule has 1 saturated heterocycles. The number of hydrogen-bond acceptors (Lipinski definition) is 5. The minimum absolute atomic E-state index is 0.0418. The molecule has 1 aromatic rings. The van der Waals surface area contributed by atoms with E-state index in [1.165, 1.54) is 15.6 Å². The van der Waals surface area contributed by atoms with Crippen molar-refractivity contribution < 1.29 is 13.2 Å². The molecule has 0 aliphatic carbocycles. The largest absolute Gasteiger partial charge is 0.381 e. The van der Waals surface area contributed by atoms with Crippen molar-refractivity contribution in [2.45, 2.75) is 43.7 Å². The maximum atomic E-state index is 12.8. The third kappa shape index (κ3) is 4.04. The van der Waals surface area contributed by atoms with Crippen LogP contribution in [-0.2, 0) is 21.3 Å². The Labute approximate surface area is 131 Å². The van der Waals surface area contributed by atoms with Gasteiger partial charge in [0.1, 0.15) is 0 Å². The third-order valence-corrected chi connectivity index (χ3v) is 6.82. The van der Waals surface area contributed by atoms with E-state index in [2.05, 4.69) is 12.2 Å². The molecule has 1 aromatic heterocycles. The van der Waals surface area contributed by atoms with Crippen LogP contribution in [0.2, 0.25) is 0 Å². The van der Waals surface area contributed by atoms with Gasteiger partial charge in [0, 0.05) is 37.7 Å². The van der Waals surface area contributed by atoms with Crippen LogP contribution in [0.15, 0.2) is 16.3 Å². The average Bonchev–Trinajstić information content (AvgIpc) is 2.97. The molecular weight excluding hydrogens is 308 g/mol. The molecule has 21 heavy (non-hydrogen) atoms. The highest BCUT2D eigenvalue weighted by atomic mass is 32.2. The number of ether oxygens (including phenoxy) is 1. The summed E-state index contributed by atoms with van der Waals surface area (Å²) < 4.78 is 32.5. The zero-order chi connectivity index (χ0) is 15.3. The summed E-state index contributed by atoms with van der Waals surface area (Å²) in [7, 11) is -1.73. The van der Waals surface area contributed by atoms with Gasteiger partial charge in [0.15, 0.2) is 0 Å². The highest BCUT2D eigenvalue weighted by Crippen LogP contribution is 2.27. The lowest BCUT2D eigenvalue weighted by Gasteiger charge is -2.30.